The quantitative estimate of drug-likeness (QED) is 0.602. The van der Waals surface area contributed by atoms with Gasteiger partial charge in [-0.1, -0.05) is 6.92 Å². The number of carbonyl (C=O) groups is 1. The number of rotatable bonds is 4. The predicted octanol–water partition coefficient (Wildman–Crippen LogP) is 0.0987. The Morgan fingerprint density at radius 1 is 1.55 bits per heavy atom. The van der Waals surface area contributed by atoms with Crippen LogP contribution in [0, 0.1) is 5.41 Å². The van der Waals surface area contributed by atoms with Crippen molar-refractivity contribution in [2.24, 2.45) is 5.41 Å². The Morgan fingerprint density at radius 2 is 2.00 bits per heavy atom. The molecule has 1 atom stereocenters. The molecule has 0 radical (unpaired) electrons. The van der Waals surface area contributed by atoms with Crippen LogP contribution in [-0.2, 0) is 15.5 Å². The van der Waals surface area contributed by atoms with Gasteiger partial charge in [-0.15, -0.1) is 0 Å². The Morgan fingerprint density at radius 3 is 2.09 bits per heavy atom. The standard InChI is InChI=1S/C6H12O4S/c1-3-6(2,5(7)8)4-11(9)10/h11H,3-4H2,1-2H3,(H,7,8). The summed E-state index contributed by atoms with van der Waals surface area (Å²) < 4.78 is 20.5. The fourth-order valence-corrected chi connectivity index (χ4v) is 1.54. The fraction of sp³-hybridized carbons (Fsp3) is 0.833. The van der Waals surface area contributed by atoms with Gasteiger partial charge in [-0.25, -0.2) is 8.42 Å². The molecule has 0 aromatic carbocycles. The second kappa shape index (κ2) is 3.71. The summed E-state index contributed by atoms with van der Waals surface area (Å²) in [4.78, 5) is 10.5. The van der Waals surface area contributed by atoms with E-state index < -0.39 is 22.1 Å². The van der Waals surface area contributed by atoms with Crippen molar-refractivity contribution < 1.29 is 18.3 Å². The Hall–Kier alpha value is -0.580. The van der Waals surface area contributed by atoms with Crippen molar-refractivity contribution in [1.29, 1.82) is 0 Å². The maximum Gasteiger partial charge on any atom is 0.310 e. The van der Waals surface area contributed by atoms with Crippen molar-refractivity contribution in [3.8, 4) is 0 Å². The first-order valence-corrected chi connectivity index (χ1v) is 4.64. The van der Waals surface area contributed by atoms with E-state index in [0.29, 0.717) is 6.42 Å². The van der Waals surface area contributed by atoms with Crippen molar-refractivity contribution in [2.45, 2.75) is 20.3 Å². The smallest absolute Gasteiger partial charge is 0.310 e. The van der Waals surface area contributed by atoms with Crippen LogP contribution in [0.4, 0.5) is 0 Å². The summed E-state index contributed by atoms with van der Waals surface area (Å²) in [6, 6.07) is 0. The van der Waals surface area contributed by atoms with Gasteiger partial charge in [0, 0.05) is 0 Å². The third-order valence-electron chi connectivity index (χ3n) is 1.77. The summed E-state index contributed by atoms with van der Waals surface area (Å²) in [5.74, 6) is -1.34. The molecule has 0 fully saturated rings. The lowest BCUT2D eigenvalue weighted by atomic mass is 9.90. The first-order chi connectivity index (χ1) is 4.92. The molecule has 66 valence electrons. The highest BCUT2D eigenvalue weighted by molar-refractivity contribution is 7.72. The number of carboxylic acid groups (broad SMARTS) is 1. The SMILES string of the molecule is CCC(C)(C[SH](=O)=O)C(=O)O. The van der Waals surface area contributed by atoms with E-state index in [2.05, 4.69) is 0 Å². The van der Waals surface area contributed by atoms with Gasteiger partial charge in [-0.3, -0.25) is 4.79 Å². The molecule has 0 saturated heterocycles. The first kappa shape index (κ1) is 10.4. The summed E-state index contributed by atoms with van der Waals surface area (Å²) in [6.45, 7) is 3.09. The lowest BCUT2D eigenvalue weighted by Crippen LogP contribution is -2.31. The number of aliphatic carboxylic acids is 1. The summed E-state index contributed by atoms with van der Waals surface area (Å²) >= 11 is 0. The van der Waals surface area contributed by atoms with Gasteiger partial charge in [0.2, 0.25) is 0 Å². The molecule has 0 spiro atoms. The van der Waals surface area contributed by atoms with Crippen molar-refractivity contribution in [1.82, 2.24) is 0 Å². The van der Waals surface area contributed by atoms with Crippen molar-refractivity contribution in [3.05, 3.63) is 0 Å². The van der Waals surface area contributed by atoms with Crippen LogP contribution in [0.15, 0.2) is 0 Å². The minimum Gasteiger partial charge on any atom is -0.481 e. The zero-order valence-electron chi connectivity index (χ0n) is 6.53. The molecule has 11 heavy (non-hydrogen) atoms. The highest BCUT2D eigenvalue weighted by Gasteiger charge is 2.31. The first-order valence-electron chi connectivity index (χ1n) is 3.27. The average Bonchev–Trinajstić information content (AvgIpc) is 1.86. The van der Waals surface area contributed by atoms with Gasteiger partial charge in [0.25, 0.3) is 0 Å². The normalized spacial score (nSPS) is 16.3. The summed E-state index contributed by atoms with van der Waals surface area (Å²) in [5, 5.41) is 8.61. The van der Waals surface area contributed by atoms with Crippen LogP contribution < -0.4 is 0 Å². The zero-order chi connectivity index (χ0) is 9.07. The maximum absolute atomic E-state index is 10.5. The van der Waals surface area contributed by atoms with Gasteiger partial charge in [0.15, 0.2) is 0 Å². The number of hydrogen-bond acceptors (Lipinski definition) is 3. The lowest BCUT2D eigenvalue weighted by Gasteiger charge is -2.18. The van der Waals surface area contributed by atoms with E-state index >= 15 is 0 Å². The number of carboxylic acids is 1. The largest absolute Gasteiger partial charge is 0.481 e. The molecule has 0 heterocycles. The van der Waals surface area contributed by atoms with Gasteiger partial charge in [-0.2, -0.15) is 0 Å². The van der Waals surface area contributed by atoms with Crippen molar-refractivity contribution >= 4 is 16.7 Å². The fourth-order valence-electron chi connectivity index (χ4n) is 0.616. The highest BCUT2D eigenvalue weighted by atomic mass is 32.2. The van der Waals surface area contributed by atoms with Crippen LogP contribution >= 0.6 is 0 Å². The van der Waals surface area contributed by atoms with E-state index in [4.69, 9.17) is 5.11 Å². The molecule has 0 rings (SSSR count). The monoisotopic (exact) mass is 180 g/mol. The van der Waals surface area contributed by atoms with Gasteiger partial charge in [-0.05, 0) is 13.3 Å². The molecule has 4 nitrogen and oxygen atoms in total. The number of hydrogen-bond donors (Lipinski definition) is 2. The van der Waals surface area contributed by atoms with Gasteiger partial charge < -0.3 is 5.11 Å². The van der Waals surface area contributed by atoms with Gasteiger partial charge in [0.1, 0.15) is 10.7 Å². The van der Waals surface area contributed by atoms with Crippen LogP contribution in [-0.4, -0.2) is 25.2 Å². The van der Waals surface area contributed by atoms with Crippen LogP contribution in [0.25, 0.3) is 0 Å². The highest BCUT2D eigenvalue weighted by Crippen LogP contribution is 2.20. The van der Waals surface area contributed by atoms with Crippen molar-refractivity contribution in [2.75, 3.05) is 5.75 Å². The van der Waals surface area contributed by atoms with E-state index in [0.717, 1.165) is 0 Å². The van der Waals surface area contributed by atoms with E-state index in [1.54, 1.807) is 6.92 Å². The zero-order valence-corrected chi connectivity index (χ0v) is 7.43. The topological polar surface area (TPSA) is 71.4 Å². The second-order valence-electron chi connectivity index (χ2n) is 2.71. The minimum absolute atomic E-state index is 0.284. The Bertz CT molecular complexity index is 213. The molecule has 5 heteroatoms. The van der Waals surface area contributed by atoms with E-state index in [9.17, 15) is 13.2 Å². The van der Waals surface area contributed by atoms with E-state index in [-0.39, 0.29) is 5.75 Å². The maximum atomic E-state index is 10.5. The molecule has 0 aliphatic carbocycles. The minimum atomic E-state index is -2.61. The third kappa shape index (κ3) is 2.88. The molecular weight excluding hydrogens is 168 g/mol. The molecule has 1 N–H and O–H groups in total. The van der Waals surface area contributed by atoms with Crippen LogP contribution in [0.3, 0.4) is 0 Å². The van der Waals surface area contributed by atoms with Gasteiger partial charge >= 0.3 is 5.97 Å². The molecule has 0 bridgehead atoms. The Labute approximate surface area is 67.2 Å². The molecule has 0 amide bonds. The molecule has 0 aromatic rings. The summed E-state index contributed by atoms with van der Waals surface area (Å²) in [6.07, 6.45) is 0.325. The predicted molar refractivity (Wildman–Crippen MR) is 41.2 cm³/mol. The lowest BCUT2D eigenvalue weighted by molar-refractivity contribution is -0.146. The summed E-state index contributed by atoms with van der Waals surface area (Å²) in [5.41, 5.74) is -1.12. The van der Waals surface area contributed by atoms with Crippen LogP contribution in [0.2, 0.25) is 0 Å². The van der Waals surface area contributed by atoms with Crippen LogP contribution in [0.5, 0.6) is 0 Å². The van der Waals surface area contributed by atoms with E-state index in [1.165, 1.54) is 6.92 Å². The van der Waals surface area contributed by atoms with Gasteiger partial charge in [0.05, 0.1) is 11.2 Å². The molecule has 0 aliphatic heterocycles. The average molecular weight is 180 g/mol. The Balaban J connectivity index is 4.47. The second-order valence-corrected chi connectivity index (χ2v) is 3.69. The van der Waals surface area contributed by atoms with E-state index in [1.807, 2.05) is 0 Å². The molecule has 1 unspecified atom stereocenters. The summed E-state index contributed by atoms with van der Waals surface area (Å²) in [7, 11) is -2.61. The van der Waals surface area contributed by atoms with Crippen molar-refractivity contribution in [3.63, 3.8) is 0 Å². The number of thiol groups is 1. The molecular formula is C6H12O4S. The van der Waals surface area contributed by atoms with Crippen LogP contribution in [0.1, 0.15) is 20.3 Å². The molecule has 0 saturated carbocycles. The third-order valence-corrected chi connectivity index (χ3v) is 2.73. The Kier molecular flexibility index (Phi) is 3.51. The molecule has 0 aromatic heterocycles. The molecule has 0 aliphatic rings.